The first-order chi connectivity index (χ1) is 16.6. The topological polar surface area (TPSA) is 85.6 Å². The quantitative estimate of drug-likeness (QED) is 0.368. The van der Waals surface area contributed by atoms with Crippen molar-refractivity contribution in [2.24, 2.45) is 0 Å². The summed E-state index contributed by atoms with van der Waals surface area (Å²) in [5.74, 6) is 0.449. The van der Waals surface area contributed by atoms with Gasteiger partial charge in [0.25, 0.3) is 5.56 Å². The third kappa shape index (κ3) is 4.25. The van der Waals surface area contributed by atoms with E-state index >= 15 is 0 Å². The third-order valence-electron chi connectivity index (χ3n) is 5.57. The van der Waals surface area contributed by atoms with Crippen molar-refractivity contribution in [1.29, 1.82) is 0 Å². The predicted molar refractivity (Wildman–Crippen MR) is 135 cm³/mol. The van der Waals surface area contributed by atoms with Crippen molar-refractivity contribution in [1.82, 2.24) is 24.5 Å². The van der Waals surface area contributed by atoms with Gasteiger partial charge in [0.2, 0.25) is 5.95 Å². The van der Waals surface area contributed by atoms with Crippen LogP contribution in [-0.4, -0.2) is 24.5 Å². The van der Waals surface area contributed by atoms with Crippen molar-refractivity contribution in [3.8, 4) is 22.3 Å². The van der Waals surface area contributed by atoms with Crippen LogP contribution in [0.25, 0.3) is 33.3 Å². The number of aryl methyl sites for hydroxylation is 1. The Labute approximate surface area is 201 Å². The Morgan fingerprint density at radius 1 is 0.941 bits per heavy atom. The number of rotatable bonds is 6. The van der Waals surface area contributed by atoms with Crippen LogP contribution >= 0.6 is 11.6 Å². The second kappa shape index (κ2) is 9.41. The molecule has 0 radical (unpaired) electrons. The van der Waals surface area contributed by atoms with E-state index in [9.17, 15) is 4.79 Å². The lowest BCUT2D eigenvalue weighted by molar-refractivity contribution is 0.750. The number of pyridine rings is 3. The molecule has 0 fully saturated rings. The van der Waals surface area contributed by atoms with Gasteiger partial charge in [0.1, 0.15) is 5.65 Å². The molecule has 0 spiro atoms. The molecule has 0 aliphatic heterocycles. The lowest BCUT2D eigenvalue weighted by atomic mass is 10.0. The van der Waals surface area contributed by atoms with E-state index in [1.807, 2.05) is 49.4 Å². The lowest BCUT2D eigenvalue weighted by Crippen LogP contribution is -2.22. The average molecular weight is 469 g/mol. The Kier molecular flexibility index (Phi) is 6.01. The SMILES string of the molecule is CCn1c(=O)c(-c2ccc(-c3cccnc3)cc2Cl)cc2cnc(NCc3cccnc3)nc21. The van der Waals surface area contributed by atoms with Crippen LogP contribution in [0.4, 0.5) is 5.95 Å². The van der Waals surface area contributed by atoms with Gasteiger partial charge in [0, 0.05) is 71.2 Å². The van der Waals surface area contributed by atoms with Crippen molar-refractivity contribution in [3.63, 3.8) is 0 Å². The first kappa shape index (κ1) is 21.7. The molecule has 0 atom stereocenters. The van der Waals surface area contributed by atoms with E-state index in [2.05, 4.69) is 25.3 Å². The molecule has 0 saturated carbocycles. The zero-order valence-electron chi connectivity index (χ0n) is 18.4. The summed E-state index contributed by atoms with van der Waals surface area (Å²) < 4.78 is 1.65. The van der Waals surface area contributed by atoms with Crippen LogP contribution < -0.4 is 10.9 Å². The highest BCUT2D eigenvalue weighted by Gasteiger charge is 2.15. The van der Waals surface area contributed by atoms with E-state index in [0.717, 1.165) is 22.1 Å². The van der Waals surface area contributed by atoms with Crippen molar-refractivity contribution in [2.45, 2.75) is 20.0 Å². The number of hydrogen-bond donors (Lipinski definition) is 1. The van der Waals surface area contributed by atoms with E-state index < -0.39 is 0 Å². The first-order valence-corrected chi connectivity index (χ1v) is 11.3. The van der Waals surface area contributed by atoms with E-state index in [1.54, 1.807) is 41.6 Å². The Morgan fingerprint density at radius 2 is 1.76 bits per heavy atom. The molecule has 5 rings (SSSR count). The fourth-order valence-corrected chi connectivity index (χ4v) is 4.14. The molecule has 8 heteroatoms. The van der Waals surface area contributed by atoms with Gasteiger partial charge in [0.05, 0.1) is 0 Å². The molecule has 1 N–H and O–H groups in total. The maximum atomic E-state index is 13.4. The van der Waals surface area contributed by atoms with Crippen LogP contribution in [0, 0.1) is 0 Å². The van der Waals surface area contributed by atoms with Gasteiger partial charge in [-0.25, -0.2) is 4.98 Å². The number of nitrogens with one attached hydrogen (secondary N) is 1. The Bertz CT molecular complexity index is 1520. The molecule has 0 aliphatic carbocycles. The van der Waals surface area contributed by atoms with Gasteiger partial charge in [-0.2, -0.15) is 4.98 Å². The van der Waals surface area contributed by atoms with Crippen molar-refractivity contribution in [3.05, 3.63) is 100 Å². The molecular formula is C26H21ClN6O. The van der Waals surface area contributed by atoms with Crippen LogP contribution in [0.15, 0.2) is 84.3 Å². The van der Waals surface area contributed by atoms with Gasteiger partial charge in [-0.05, 0) is 42.3 Å². The number of nitrogens with zero attached hydrogens (tertiary/aromatic N) is 5. The van der Waals surface area contributed by atoms with Gasteiger partial charge in [-0.1, -0.05) is 35.9 Å². The number of aromatic nitrogens is 5. The van der Waals surface area contributed by atoms with Crippen LogP contribution in [0.2, 0.25) is 5.02 Å². The lowest BCUT2D eigenvalue weighted by Gasteiger charge is -2.13. The van der Waals surface area contributed by atoms with Gasteiger partial charge in [-0.15, -0.1) is 0 Å². The summed E-state index contributed by atoms with van der Waals surface area (Å²) in [6.45, 7) is 2.92. The molecule has 1 aromatic carbocycles. The number of hydrogen-bond acceptors (Lipinski definition) is 6. The monoisotopic (exact) mass is 468 g/mol. The first-order valence-electron chi connectivity index (χ1n) is 10.9. The molecule has 0 unspecified atom stereocenters. The maximum Gasteiger partial charge on any atom is 0.260 e. The molecule has 4 aromatic heterocycles. The predicted octanol–water partition coefficient (Wildman–Crippen LogP) is 5.20. The molecule has 4 heterocycles. The average Bonchev–Trinajstić information content (AvgIpc) is 2.88. The highest BCUT2D eigenvalue weighted by Crippen LogP contribution is 2.31. The number of benzene rings is 1. The van der Waals surface area contributed by atoms with E-state index in [0.29, 0.717) is 40.8 Å². The van der Waals surface area contributed by atoms with Crippen molar-refractivity contribution >= 4 is 28.6 Å². The molecule has 0 saturated heterocycles. The molecule has 168 valence electrons. The Hall–Kier alpha value is -4.10. The Morgan fingerprint density at radius 3 is 2.47 bits per heavy atom. The molecule has 0 aliphatic rings. The summed E-state index contributed by atoms with van der Waals surface area (Å²) in [5, 5.41) is 4.45. The fraction of sp³-hybridized carbons (Fsp3) is 0.115. The maximum absolute atomic E-state index is 13.4. The Balaban J connectivity index is 1.53. The van der Waals surface area contributed by atoms with Gasteiger partial charge < -0.3 is 5.32 Å². The highest BCUT2D eigenvalue weighted by atomic mass is 35.5. The van der Waals surface area contributed by atoms with Crippen LogP contribution in [0.5, 0.6) is 0 Å². The summed E-state index contributed by atoms with van der Waals surface area (Å²) >= 11 is 6.64. The fourth-order valence-electron chi connectivity index (χ4n) is 3.86. The minimum Gasteiger partial charge on any atom is -0.350 e. The summed E-state index contributed by atoms with van der Waals surface area (Å²) in [7, 11) is 0. The normalized spacial score (nSPS) is 11.0. The smallest absolute Gasteiger partial charge is 0.260 e. The number of anilines is 1. The minimum absolute atomic E-state index is 0.150. The molecule has 34 heavy (non-hydrogen) atoms. The van der Waals surface area contributed by atoms with E-state index in [4.69, 9.17) is 11.6 Å². The van der Waals surface area contributed by atoms with Crippen LogP contribution in [-0.2, 0) is 13.1 Å². The number of halogens is 1. The zero-order chi connectivity index (χ0) is 23.5. The molecule has 7 nitrogen and oxygen atoms in total. The van der Waals surface area contributed by atoms with E-state index in [1.165, 1.54) is 0 Å². The summed E-state index contributed by atoms with van der Waals surface area (Å²) in [6.07, 6.45) is 8.74. The highest BCUT2D eigenvalue weighted by molar-refractivity contribution is 6.33. The molecule has 0 bridgehead atoms. The zero-order valence-corrected chi connectivity index (χ0v) is 19.2. The summed E-state index contributed by atoms with van der Waals surface area (Å²) in [6, 6.07) is 15.2. The standard InChI is InChI=1S/C26H21ClN6O/c1-2-33-24-20(16-31-26(32-24)30-14-17-5-3-9-28-13-17)11-22(25(33)34)21-8-7-18(12-23(21)27)19-6-4-10-29-15-19/h3-13,15-16H,2,14H2,1H3,(H,30,31,32). The van der Waals surface area contributed by atoms with Gasteiger partial charge >= 0.3 is 0 Å². The molecule has 0 amide bonds. The largest absolute Gasteiger partial charge is 0.350 e. The minimum atomic E-state index is -0.150. The van der Waals surface area contributed by atoms with Gasteiger partial charge in [0.15, 0.2) is 0 Å². The molecule has 5 aromatic rings. The second-order valence-corrected chi connectivity index (χ2v) is 8.14. The van der Waals surface area contributed by atoms with E-state index in [-0.39, 0.29) is 5.56 Å². The van der Waals surface area contributed by atoms with Crippen LogP contribution in [0.1, 0.15) is 12.5 Å². The van der Waals surface area contributed by atoms with Crippen LogP contribution in [0.3, 0.4) is 0 Å². The second-order valence-electron chi connectivity index (χ2n) is 7.73. The third-order valence-corrected chi connectivity index (χ3v) is 5.88. The van der Waals surface area contributed by atoms with Gasteiger partial charge in [-0.3, -0.25) is 19.3 Å². The molecular weight excluding hydrogens is 448 g/mol. The summed E-state index contributed by atoms with van der Waals surface area (Å²) in [4.78, 5) is 30.7. The summed E-state index contributed by atoms with van der Waals surface area (Å²) in [5.41, 5.74) is 4.51. The van der Waals surface area contributed by atoms with Crippen molar-refractivity contribution in [2.75, 3.05) is 5.32 Å². The van der Waals surface area contributed by atoms with Crippen molar-refractivity contribution < 1.29 is 0 Å². The number of fused-ring (bicyclic) bond motifs is 1.